The van der Waals surface area contributed by atoms with Crippen LogP contribution in [0.2, 0.25) is 0 Å². The maximum absolute atomic E-state index is 10.6. The van der Waals surface area contributed by atoms with E-state index in [-0.39, 0.29) is 11.5 Å². The lowest BCUT2D eigenvalue weighted by atomic mass is 9.77. The zero-order chi connectivity index (χ0) is 15.4. The molecule has 0 bridgehead atoms. The van der Waals surface area contributed by atoms with Crippen molar-refractivity contribution in [3.05, 3.63) is 24.3 Å². The van der Waals surface area contributed by atoms with Gasteiger partial charge in [-0.1, -0.05) is 31.6 Å². The Morgan fingerprint density at radius 2 is 2.20 bits per heavy atom. The highest BCUT2D eigenvalue weighted by Crippen LogP contribution is 2.36. The minimum atomic E-state index is -0.605. The van der Waals surface area contributed by atoms with Crippen molar-refractivity contribution in [2.45, 2.75) is 71.9 Å². The summed E-state index contributed by atoms with van der Waals surface area (Å²) in [5.41, 5.74) is 1.02. The Balaban J connectivity index is 2.65. The smallest absolute Gasteiger partial charge is 0.163 e. The third-order valence-electron chi connectivity index (χ3n) is 4.26. The molecule has 0 aliphatic carbocycles. The van der Waals surface area contributed by atoms with Crippen molar-refractivity contribution in [2.75, 3.05) is 6.61 Å². The highest BCUT2D eigenvalue weighted by Gasteiger charge is 2.43. The minimum absolute atomic E-state index is 0.288. The predicted molar refractivity (Wildman–Crippen MR) is 82.5 cm³/mol. The fourth-order valence-electron chi connectivity index (χ4n) is 2.44. The third kappa shape index (κ3) is 4.44. The quantitative estimate of drug-likeness (QED) is 0.721. The van der Waals surface area contributed by atoms with Crippen molar-refractivity contribution in [1.82, 2.24) is 0 Å². The van der Waals surface area contributed by atoms with Crippen LogP contribution in [0.25, 0.3) is 0 Å². The first-order valence-electron chi connectivity index (χ1n) is 7.53. The van der Waals surface area contributed by atoms with Crippen LogP contribution in [0.4, 0.5) is 0 Å². The van der Waals surface area contributed by atoms with E-state index in [0.717, 1.165) is 19.3 Å². The Morgan fingerprint density at radius 3 is 2.65 bits per heavy atom. The van der Waals surface area contributed by atoms with E-state index in [1.807, 2.05) is 26.8 Å². The Morgan fingerprint density at radius 1 is 1.55 bits per heavy atom. The predicted octanol–water partition coefficient (Wildman–Crippen LogP) is 3.83. The summed E-state index contributed by atoms with van der Waals surface area (Å²) in [6, 6.07) is 0. The van der Waals surface area contributed by atoms with Crippen molar-refractivity contribution >= 4 is 0 Å². The Labute approximate surface area is 123 Å². The molecule has 0 saturated carbocycles. The lowest BCUT2D eigenvalue weighted by molar-refractivity contribution is -0.159. The summed E-state index contributed by atoms with van der Waals surface area (Å²) in [6.07, 6.45) is 6.07. The zero-order valence-corrected chi connectivity index (χ0v) is 13.6. The molecule has 3 heteroatoms. The summed E-state index contributed by atoms with van der Waals surface area (Å²) in [7, 11) is 0. The highest BCUT2D eigenvalue weighted by molar-refractivity contribution is 5.04. The Hall–Kier alpha value is -0.640. The van der Waals surface area contributed by atoms with E-state index in [4.69, 9.17) is 9.47 Å². The molecule has 3 nitrogen and oxygen atoms in total. The van der Waals surface area contributed by atoms with Gasteiger partial charge in [0, 0.05) is 5.41 Å². The van der Waals surface area contributed by atoms with Crippen molar-refractivity contribution in [3.8, 4) is 0 Å². The number of aliphatic hydroxyl groups excluding tert-OH is 1. The molecule has 1 N–H and O–H groups in total. The molecule has 1 fully saturated rings. The maximum atomic E-state index is 10.6. The van der Waals surface area contributed by atoms with Gasteiger partial charge in [0.15, 0.2) is 5.79 Å². The summed E-state index contributed by atoms with van der Waals surface area (Å²) in [6.45, 7) is 14.4. The van der Waals surface area contributed by atoms with Crippen LogP contribution in [0, 0.1) is 5.41 Å². The number of rotatable bonds is 7. The van der Waals surface area contributed by atoms with Gasteiger partial charge in [0.25, 0.3) is 0 Å². The van der Waals surface area contributed by atoms with Gasteiger partial charge < -0.3 is 14.6 Å². The molecular formula is C17H30O3. The summed E-state index contributed by atoms with van der Waals surface area (Å²) in [4.78, 5) is 0. The molecule has 2 unspecified atom stereocenters. The first-order valence-corrected chi connectivity index (χ1v) is 7.53. The van der Waals surface area contributed by atoms with Crippen LogP contribution in [0.3, 0.4) is 0 Å². The molecule has 1 aliphatic rings. The van der Waals surface area contributed by atoms with Gasteiger partial charge in [0.1, 0.15) is 6.10 Å². The molecule has 1 aliphatic heterocycles. The van der Waals surface area contributed by atoms with Gasteiger partial charge in [-0.2, -0.15) is 0 Å². The average Bonchev–Trinajstić information content (AvgIpc) is 2.77. The lowest BCUT2D eigenvalue weighted by Crippen LogP contribution is -2.42. The van der Waals surface area contributed by atoms with Gasteiger partial charge in [-0.15, -0.1) is 6.58 Å². The zero-order valence-electron chi connectivity index (χ0n) is 13.6. The standard InChI is InChI=1S/C17H30O3/c1-7-13(3)10-9-11-17(6,8-2)15(18)14-12-19-16(4,5)20-14/h8,10,14-15,18H,2,7,9,11-12H2,1,3-6H3/b13-10+/t14-,15?,17?/m0/s1. The molecule has 0 aromatic heterocycles. The van der Waals surface area contributed by atoms with Crippen LogP contribution in [-0.4, -0.2) is 29.7 Å². The Kier molecular flexibility index (Phi) is 5.99. The number of hydrogen-bond acceptors (Lipinski definition) is 3. The Bertz CT molecular complexity index is 359. The number of ether oxygens (including phenoxy) is 2. The van der Waals surface area contributed by atoms with Gasteiger partial charge in [-0.3, -0.25) is 0 Å². The molecule has 3 atom stereocenters. The lowest BCUT2D eigenvalue weighted by Gasteiger charge is -2.34. The van der Waals surface area contributed by atoms with Gasteiger partial charge >= 0.3 is 0 Å². The van der Waals surface area contributed by atoms with Crippen molar-refractivity contribution in [2.24, 2.45) is 5.41 Å². The summed E-state index contributed by atoms with van der Waals surface area (Å²) in [5, 5.41) is 10.6. The monoisotopic (exact) mass is 282 g/mol. The molecule has 1 rings (SSSR count). The number of allylic oxidation sites excluding steroid dienone is 2. The summed E-state index contributed by atoms with van der Waals surface area (Å²) < 4.78 is 11.3. The fourth-order valence-corrected chi connectivity index (χ4v) is 2.44. The van der Waals surface area contributed by atoms with Crippen molar-refractivity contribution in [3.63, 3.8) is 0 Å². The largest absolute Gasteiger partial charge is 0.389 e. The van der Waals surface area contributed by atoms with Gasteiger partial charge in [-0.25, -0.2) is 0 Å². The maximum Gasteiger partial charge on any atom is 0.163 e. The van der Waals surface area contributed by atoms with Crippen LogP contribution in [0.15, 0.2) is 24.3 Å². The van der Waals surface area contributed by atoms with Crippen molar-refractivity contribution in [1.29, 1.82) is 0 Å². The van der Waals surface area contributed by atoms with Gasteiger partial charge in [-0.05, 0) is 40.0 Å². The molecule has 116 valence electrons. The topological polar surface area (TPSA) is 38.7 Å². The highest BCUT2D eigenvalue weighted by atomic mass is 16.7. The van der Waals surface area contributed by atoms with E-state index < -0.39 is 11.9 Å². The molecule has 0 aromatic carbocycles. The minimum Gasteiger partial charge on any atom is -0.389 e. The van der Waals surface area contributed by atoms with E-state index in [1.165, 1.54) is 5.57 Å². The van der Waals surface area contributed by atoms with Crippen LogP contribution in [0.5, 0.6) is 0 Å². The van der Waals surface area contributed by atoms with E-state index in [0.29, 0.717) is 6.61 Å². The van der Waals surface area contributed by atoms with E-state index >= 15 is 0 Å². The summed E-state index contributed by atoms with van der Waals surface area (Å²) in [5.74, 6) is -0.605. The van der Waals surface area contributed by atoms with Crippen LogP contribution in [-0.2, 0) is 9.47 Å². The molecule has 0 spiro atoms. The van der Waals surface area contributed by atoms with Crippen molar-refractivity contribution < 1.29 is 14.6 Å². The molecule has 1 saturated heterocycles. The normalized spacial score (nSPS) is 27.1. The molecule has 1 heterocycles. The number of aliphatic hydroxyl groups is 1. The summed E-state index contributed by atoms with van der Waals surface area (Å²) >= 11 is 0. The van der Waals surface area contributed by atoms with Crippen LogP contribution < -0.4 is 0 Å². The van der Waals surface area contributed by atoms with E-state index in [2.05, 4.69) is 26.5 Å². The molecule has 0 radical (unpaired) electrons. The second-order valence-corrected chi connectivity index (χ2v) is 6.46. The SMILES string of the molecule is C=CC(C)(CC/C=C(\C)CC)C(O)[C@@H]1COC(C)(C)O1. The van der Waals surface area contributed by atoms with Gasteiger partial charge in [0.2, 0.25) is 0 Å². The average molecular weight is 282 g/mol. The first kappa shape index (κ1) is 17.4. The molecular weight excluding hydrogens is 252 g/mol. The van der Waals surface area contributed by atoms with Gasteiger partial charge in [0.05, 0.1) is 12.7 Å². The molecule has 20 heavy (non-hydrogen) atoms. The fraction of sp³-hybridized carbons (Fsp3) is 0.765. The number of hydrogen-bond donors (Lipinski definition) is 1. The first-order chi connectivity index (χ1) is 9.24. The second kappa shape index (κ2) is 6.88. The molecule has 0 aromatic rings. The van der Waals surface area contributed by atoms with Crippen LogP contribution in [0.1, 0.15) is 53.9 Å². The second-order valence-electron chi connectivity index (χ2n) is 6.46. The molecule has 0 amide bonds. The van der Waals surface area contributed by atoms with E-state index in [1.54, 1.807) is 0 Å². The van der Waals surface area contributed by atoms with Crippen LogP contribution >= 0.6 is 0 Å². The van der Waals surface area contributed by atoms with E-state index in [9.17, 15) is 5.11 Å². The third-order valence-corrected chi connectivity index (χ3v) is 4.26.